The number of aromatic nitrogens is 1. The molecule has 0 spiro atoms. The molecule has 0 aliphatic rings. The lowest BCUT2D eigenvalue weighted by molar-refractivity contribution is 1.03. The van der Waals surface area contributed by atoms with Crippen LogP contribution in [0, 0.1) is 6.92 Å². The van der Waals surface area contributed by atoms with E-state index in [1.54, 1.807) is 0 Å². The molecule has 0 N–H and O–H groups in total. The van der Waals surface area contributed by atoms with Gasteiger partial charge in [-0.1, -0.05) is 49.4 Å². The van der Waals surface area contributed by atoms with Crippen molar-refractivity contribution in [3.63, 3.8) is 0 Å². The molecule has 0 saturated heterocycles. The third-order valence-electron chi connectivity index (χ3n) is 2.89. The normalized spacial score (nSPS) is 10.9. The van der Waals surface area contributed by atoms with Crippen molar-refractivity contribution >= 4 is 12.2 Å². The Bertz CT molecular complexity index is 527. The van der Waals surface area contributed by atoms with Gasteiger partial charge in [-0.3, -0.25) is 4.98 Å². The van der Waals surface area contributed by atoms with Crippen molar-refractivity contribution in [1.29, 1.82) is 0 Å². The molecular weight excluding hydrogens is 206 g/mol. The highest BCUT2D eigenvalue weighted by molar-refractivity contribution is 5.71. The Hall–Kier alpha value is -1.89. The topological polar surface area (TPSA) is 12.9 Å². The minimum atomic E-state index is 0.967. The SMILES string of the molecule is CCc1ncccc1/C=C\c1ccccc1C. The molecule has 0 unspecified atom stereocenters. The van der Waals surface area contributed by atoms with Gasteiger partial charge in [0.2, 0.25) is 0 Å². The molecule has 0 aliphatic heterocycles. The summed E-state index contributed by atoms with van der Waals surface area (Å²) in [5, 5.41) is 0. The summed E-state index contributed by atoms with van der Waals surface area (Å²) in [6.07, 6.45) is 7.12. The van der Waals surface area contributed by atoms with Gasteiger partial charge in [0.15, 0.2) is 0 Å². The zero-order valence-electron chi connectivity index (χ0n) is 10.4. The highest BCUT2D eigenvalue weighted by Gasteiger charge is 1.97. The summed E-state index contributed by atoms with van der Waals surface area (Å²) >= 11 is 0. The van der Waals surface area contributed by atoms with Gasteiger partial charge in [0.05, 0.1) is 0 Å². The average Bonchev–Trinajstić information content (AvgIpc) is 2.38. The van der Waals surface area contributed by atoms with Crippen LogP contribution in [0.15, 0.2) is 42.6 Å². The second-order valence-electron chi connectivity index (χ2n) is 4.08. The molecule has 1 aromatic heterocycles. The number of pyridine rings is 1. The lowest BCUT2D eigenvalue weighted by Crippen LogP contribution is -1.89. The van der Waals surface area contributed by atoms with Crippen LogP contribution in [0.2, 0.25) is 0 Å². The molecule has 17 heavy (non-hydrogen) atoms. The van der Waals surface area contributed by atoms with Gasteiger partial charge in [-0.15, -0.1) is 0 Å². The molecule has 1 nitrogen and oxygen atoms in total. The molecule has 86 valence electrons. The van der Waals surface area contributed by atoms with E-state index in [-0.39, 0.29) is 0 Å². The van der Waals surface area contributed by atoms with Gasteiger partial charge in [0.25, 0.3) is 0 Å². The van der Waals surface area contributed by atoms with Crippen molar-refractivity contribution in [2.24, 2.45) is 0 Å². The average molecular weight is 223 g/mol. The zero-order valence-corrected chi connectivity index (χ0v) is 10.4. The van der Waals surface area contributed by atoms with E-state index in [9.17, 15) is 0 Å². The van der Waals surface area contributed by atoms with Crippen LogP contribution in [0.5, 0.6) is 0 Å². The van der Waals surface area contributed by atoms with Crippen molar-refractivity contribution in [3.8, 4) is 0 Å². The van der Waals surface area contributed by atoms with Crippen molar-refractivity contribution < 1.29 is 0 Å². The van der Waals surface area contributed by atoms with Crippen LogP contribution in [0.4, 0.5) is 0 Å². The lowest BCUT2D eigenvalue weighted by atomic mass is 10.1. The van der Waals surface area contributed by atoms with E-state index in [4.69, 9.17) is 0 Å². The summed E-state index contributed by atoms with van der Waals surface area (Å²) in [4.78, 5) is 4.38. The second-order valence-corrected chi connectivity index (χ2v) is 4.08. The van der Waals surface area contributed by atoms with Gasteiger partial charge in [-0.05, 0) is 36.1 Å². The van der Waals surface area contributed by atoms with Gasteiger partial charge in [0, 0.05) is 11.9 Å². The Morgan fingerprint density at radius 2 is 1.71 bits per heavy atom. The second kappa shape index (κ2) is 5.44. The quantitative estimate of drug-likeness (QED) is 0.762. The standard InChI is InChI=1S/C16H17N/c1-3-16-15(9-6-12-17-16)11-10-14-8-5-4-7-13(14)2/h4-12H,3H2,1-2H3/b11-10-. The zero-order chi connectivity index (χ0) is 12.1. The third-order valence-corrected chi connectivity index (χ3v) is 2.89. The molecule has 2 rings (SSSR count). The fourth-order valence-electron chi connectivity index (χ4n) is 1.85. The number of rotatable bonds is 3. The van der Waals surface area contributed by atoms with E-state index in [0.717, 1.165) is 12.1 Å². The molecule has 0 bridgehead atoms. The Kier molecular flexibility index (Phi) is 3.71. The lowest BCUT2D eigenvalue weighted by Gasteiger charge is -2.02. The largest absolute Gasteiger partial charge is 0.261 e. The molecule has 0 amide bonds. The number of nitrogens with zero attached hydrogens (tertiary/aromatic N) is 1. The molecule has 1 aromatic carbocycles. The van der Waals surface area contributed by atoms with Crippen molar-refractivity contribution in [3.05, 3.63) is 65.0 Å². The Balaban J connectivity index is 2.29. The molecule has 0 atom stereocenters. The number of aryl methyl sites for hydroxylation is 2. The van der Waals surface area contributed by atoms with E-state index in [1.807, 2.05) is 12.3 Å². The highest BCUT2D eigenvalue weighted by atomic mass is 14.7. The monoisotopic (exact) mass is 223 g/mol. The summed E-state index contributed by atoms with van der Waals surface area (Å²) in [5.74, 6) is 0. The third kappa shape index (κ3) is 2.82. The molecule has 0 saturated carbocycles. The number of hydrogen-bond acceptors (Lipinski definition) is 1. The van der Waals surface area contributed by atoms with Gasteiger partial charge >= 0.3 is 0 Å². The molecule has 1 heterocycles. The molecule has 2 aromatic rings. The summed E-state index contributed by atoms with van der Waals surface area (Å²) < 4.78 is 0. The number of benzene rings is 1. The first-order chi connectivity index (χ1) is 8.31. The Morgan fingerprint density at radius 1 is 1.00 bits per heavy atom. The maximum Gasteiger partial charge on any atom is 0.0473 e. The fourth-order valence-corrected chi connectivity index (χ4v) is 1.85. The van der Waals surface area contributed by atoms with Crippen LogP contribution in [0.3, 0.4) is 0 Å². The van der Waals surface area contributed by atoms with Gasteiger partial charge in [-0.2, -0.15) is 0 Å². The van der Waals surface area contributed by atoms with E-state index >= 15 is 0 Å². The fraction of sp³-hybridized carbons (Fsp3) is 0.188. The van der Waals surface area contributed by atoms with Gasteiger partial charge in [-0.25, -0.2) is 0 Å². The highest BCUT2D eigenvalue weighted by Crippen LogP contribution is 2.14. The predicted molar refractivity (Wildman–Crippen MR) is 73.7 cm³/mol. The van der Waals surface area contributed by atoms with Crippen LogP contribution >= 0.6 is 0 Å². The van der Waals surface area contributed by atoms with Crippen LogP contribution in [0.1, 0.15) is 29.3 Å². The van der Waals surface area contributed by atoms with Gasteiger partial charge < -0.3 is 0 Å². The summed E-state index contributed by atoms with van der Waals surface area (Å²) in [6, 6.07) is 12.5. The smallest absolute Gasteiger partial charge is 0.0473 e. The predicted octanol–water partition coefficient (Wildman–Crippen LogP) is 4.12. The Labute approximate surface area is 103 Å². The molecule has 1 heteroatoms. The van der Waals surface area contributed by atoms with Crippen molar-refractivity contribution in [1.82, 2.24) is 4.98 Å². The van der Waals surface area contributed by atoms with E-state index in [2.05, 4.69) is 61.3 Å². The maximum absolute atomic E-state index is 4.38. The first-order valence-corrected chi connectivity index (χ1v) is 5.99. The molecule has 0 aliphatic carbocycles. The van der Waals surface area contributed by atoms with Crippen molar-refractivity contribution in [2.45, 2.75) is 20.3 Å². The maximum atomic E-state index is 4.38. The van der Waals surface area contributed by atoms with Gasteiger partial charge in [0.1, 0.15) is 0 Å². The van der Waals surface area contributed by atoms with Crippen LogP contribution in [0.25, 0.3) is 12.2 Å². The van der Waals surface area contributed by atoms with Crippen LogP contribution < -0.4 is 0 Å². The minimum Gasteiger partial charge on any atom is -0.261 e. The van der Waals surface area contributed by atoms with E-state index in [0.29, 0.717) is 0 Å². The van der Waals surface area contributed by atoms with E-state index < -0.39 is 0 Å². The summed E-state index contributed by atoms with van der Waals surface area (Å²) in [6.45, 7) is 4.26. The first-order valence-electron chi connectivity index (χ1n) is 5.99. The molecular formula is C16H17N. The van der Waals surface area contributed by atoms with Crippen LogP contribution in [-0.2, 0) is 6.42 Å². The van der Waals surface area contributed by atoms with E-state index in [1.165, 1.54) is 16.7 Å². The molecule has 0 fully saturated rings. The summed E-state index contributed by atoms with van der Waals surface area (Å²) in [7, 11) is 0. The Morgan fingerprint density at radius 3 is 2.47 bits per heavy atom. The van der Waals surface area contributed by atoms with Crippen LogP contribution in [-0.4, -0.2) is 4.98 Å². The summed E-state index contributed by atoms with van der Waals surface area (Å²) in [5.41, 5.74) is 4.92. The minimum absolute atomic E-state index is 0.967. The molecule has 0 radical (unpaired) electrons. The number of hydrogen-bond donors (Lipinski definition) is 0. The van der Waals surface area contributed by atoms with Crippen molar-refractivity contribution in [2.75, 3.05) is 0 Å². The first kappa shape index (κ1) is 11.6.